The normalized spacial score (nSPS) is 21.2. The highest BCUT2D eigenvalue weighted by molar-refractivity contribution is 4.72. The van der Waals surface area contributed by atoms with Gasteiger partial charge in [-0.2, -0.15) is 0 Å². The van der Waals surface area contributed by atoms with Crippen LogP contribution in [0.15, 0.2) is 0 Å². The first-order chi connectivity index (χ1) is 7.74. The highest BCUT2D eigenvalue weighted by atomic mass is 16.5. The number of hydrogen-bond acceptors (Lipinski definition) is 4. The Morgan fingerprint density at radius 3 is 2.62 bits per heavy atom. The van der Waals surface area contributed by atoms with Gasteiger partial charge in [-0.3, -0.25) is 4.90 Å². The molecule has 1 aliphatic rings. The van der Waals surface area contributed by atoms with E-state index in [0.29, 0.717) is 12.6 Å². The number of nitrogens with zero attached hydrogens (tertiary/aromatic N) is 1. The van der Waals surface area contributed by atoms with Crippen molar-refractivity contribution in [2.75, 3.05) is 39.3 Å². The lowest BCUT2D eigenvalue weighted by Crippen LogP contribution is -2.37. The molecule has 0 amide bonds. The Hall–Kier alpha value is -0.160. The monoisotopic (exact) mass is 229 g/mol. The van der Waals surface area contributed by atoms with E-state index in [1.165, 1.54) is 25.9 Å². The zero-order chi connectivity index (χ0) is 11.8. The molecule has 1 fully saturated rings. The topological polar surface area (TPSA) is 50.5 Å². The van der Waals surface area contributed by atoms with Gasteiger partial charge in [-0.25, -0.2) is 0 Å². The van der Waals surface area contributed by atoms with Crippen LogP contribution in [0.3, 0.4) is 0 Å². The van der Waals surface area contributed by atoms with E-state index in [2.05, 4.69) is 24.1 Å². The van der Waals surface area contributed by atoms with Crippen LogP contribution in [0.5, 0.6) is 0 Å². The molecule has 0 aromatic carbocycles. The molecule has 4 heteroatoms. The van der Waals surface area contributed by atoms with Crippen LogP contribution in [0, 0.1) is 0 Å². The summed E-state index contributed by atoms with van der Waals surface area (Å²) < 4.78 is 5.82. The van der Waals surface area contributed by atoms with Crippen molar-refractivity contribution < 1.29 is 4.74 Å². The molecule has 1 saturated heterocycles. The summed E-state index contributed by atoms with van der Waals surface area (Å²) in [5.41, 5.74) is 5.41. The molecule has 0 aromatic heterocycles. The number of likely N-dealkylation sites (tertiary alicyclic amines) is 1. The molecule has 1 rings (SSSR count). The van der Waals surface area contributed by atoms with Crippen LogP contribution in [-0.4, -0.2) is 56.4 Å². The molecular weight excluding hydrogens is 202 g/mol. The summed E-state index contributed by atoms with van der Waals surface area (Å²) in [5.74, 6) is 0. The summed E-state index contributed by atoms with van der Waals surface area (Å²) in [4.78, 5) is 2.51. The van der Waals surface area contributed by atoms with Gasteiger partial charge in [-0.15, -0.1) is 0 Å². The Morgan fingerprint density at radius 1 is 1.31 bits per heavy atom. The molecule has 3 N–H and O–H groups in total. The third kappa shape index (κ3) is 5.25. The van der Waals surface area contributed by atoms with Crippen molar-refractivity contribution in [2.45, 2.75) is 38.8 Å². The van der Waals surface area contributed by atoms with Crippen LogP contribution >= 0.6 is 0 Å². The number of rotatable bonds is 8. The fourth-order valence-electron chi connectivity index (χ4n) is 2.06. The van der Waals surface area contributed by atoms with Crippen LogP contribution in [0.2, 0.25) is 0 Å². The van der Waals surface area contributed by atoms with E-state index >= 15 is 0 Å². The maximum Gasteiger partial charge on any atom is 0.0672 e. The molecule has 1 heterocycles. The largest absolute Gasteiger partial charge is 0.376 e. The molecule has 4 nitrogen and oxygen atoms in total. The van der Waals surface area contributed by atoms with Gasteiger partial charge < -0.3 is 15.8 Å². The summed E-state index contributed by atoms with van der Waals surface area (Å²) >= 11 is 0. The molecular formula is C12H27N3O. The molecule has 1 aliphatic heterocycles. The minimum absolute atomic E-state index is 0.275. The summed E-state index contributed by atoms with van der Waals surface area (Å²) in [5, 5.41) is 3.26. The van der Waals surface area contributed by atoms with E-state index in [4.69, 9.17) is 10.5 Å². The first-order valence-corrected chi connectivity index (χ1v) is 6.50. The second kappa shape index (κ2) is 8.01. The summed E-state index contributed by atoms with van der Waals surface area (Å²) in [6, 6.07) is 0.555. The summed E-state index contributed by atoms with van der Waals surface area (Å²) in [7, 11) is 0. The van der Waals surface area contributed by atoms with E-state index in [9.17, 15) is 0 Å². The van der Waals surface area contributed by atoms with E-state index in [1.807, 2.05) is 0 Å². The lowest BCUT2D eigenvalue weighted by Gasteiger charge is -2.25. The van der Waals surface area contributed by atoms with Crippen molar-refractivity contribution in [1.29, 1.82) is 0 Å². The van der Waals surface area contributed by atoms with E-state index in [-0.39, 0.29) is 6.10 Å². The van der Waals surface area contributed by atoms with E-state index in [0.717, 1.165) is 19.7 Å². The van der Waals surface area contributed by atoms with Gasteiger partial charge in [0.15, 0.2) is 0 Å². The predicted octanol–water partition coefficient (Wildman–Crippen LogP) is 0.424. The summed E-state index contributed by atoms with van der Waals surface area (Å²) in [6.45, 7) is 10.1. The van der Waals surface area contributed by atoms with Crippen LogP contribution in [0.25, 0.3) is 0 Å². The van der Waals surface area contributed by atoms with Crippen LogP contribution < -0.4 is 11.1 Å². The second-order valence-corrected chi connectivity index (χ2v) is 4.73. The van der Waals surface area contributed by atoms with Gasteiger partial charge in [0.1, 0.15) is 0 Å². The third-order valence-electron chi connectivity index (χ3n) is 3.14. The summed E-state index contributed by atoms with van der Waals surface area (Å²) in [6.07, 6.45) is 2.97. The van der Waals surface area contributed by atoms with Gasteiger partial charge in [0.05, 0.1) is 12.7 Å². The van der Waals surface area contributed by atoms with Gasteiger partial charge >= 0.3 is 0 Å². The van der Waals surface area contributed by atoms with Crippen molar-refractivity contribution in [3.8, 4) is 0 Å². The number of hydrogen-bond donors (Lipinski definition) is 2. The predicted molar refractivity (Wildman–Crippen MR) is 67.6 cm³/mol. The molecule has 0 radical (unpaired) electrons. The fourth-order valence-corrected chi connectivity index (χ4v) is 2.06. The number of ether oxygens (including phenoxy) is 1. The second-order valence-electron chi connectivity index (χ2n) is 4.73. The molecule has 0 saturated carbocycles. The minimum atomic E-state index is 0.275. The van der Waals surface area contributed by atoms with Crippen LogP contribution in [0.4, 0.5) is 0 Å². The van der Waals surface area contributed by atoms with E-state index in [1.54, 1.807) is 0 Å². The van der Waals surface area contributed by atoms with Gasteiger partial charge in [-0.1, -0.05) is 0 Å². The molecule has 96 valence electrons. The van der Waals surface area contributed by atoms with Crippen molar-refractivity contribution in [1.82, 2.24) is 10.2 Å². The molecule has 2 atom stereocenters. The average molecular weight is 229 g/mol. The smallest absolute Gasteiger partial charge is 0.0672 e. The minimum Gasteiger partial charge on any atom is -0.376 e. The zero-order valence-electron chi connectivity index (χ0n) is 10.7. The Balaban J connectivity index is 2.03. The SMILES string of the molecule is CC(CNCCN)OCC(C)N1CCCC1. The molecule has 0 bridgehead atoms. The Labute approximate surface area is 99.5 Å². The Kier molecular flexibility index (Phi) is 6.96. The van der Waals surface area contributed by atoms with Gasteiger partial charge in [-0.05, 0) is 39.8 Å². The van der Waals surface area contributed by atoms with Crippen molar-refractivity contribution in [3.05, 3.63) is 0 Å². The molecule has 0 aliphatic carbocycles. The fraction of sp³-hybridized carbons (Fsp3) is 1.00. The van der Waals surface area contributed by atoms with Crippen LogP contribution in [0.1, 0.15) is 26.7 Å². The molecule has 2 unspecified atom stereocenters. The van der Waals surface area contributed by atoms with Gasteiger partial charge in [0.2, 0.25) is 0 Å². The maximum atomic E-state index is 5.82. The van der Waals surface area contributed by atoms with Crippen LogP contribution in [-0.2, 0) is 4.74 Å². The Morgan fingerprint density at radius 2 is 2.00 bits per heavy atom. The quantitative estimate of drug-likeness (QED) is 0.593. The van der Waals surface area contributed by atoms with Crippen molar-refractivity contribution >= 4 is 0 Å². The first-order valence-electron chi connectivity index (χ1n) is 6.50. The maximum absolute atomic E-state index is 5.82. The highest BCUT2D eigenvalue weighted by Gasteiger charge is 2.18. The van der Waals surface area contributed by atoms with Gasteiger partial charge in [0.25, 0.3) is 0 Å². The Bertz CT molecular complexity index is 172. The standard InChI is InChI=1S/C12H27N3O/c1-11(15-7-3-4-8-15)10-16-12(2)9-14-6-5-13/h11-12,14H,3-10,13H2,1-2H3. The molecule has 16 heavy (non-hydrogen) atoms. The van der Waals surface area contributed by atoms with Crippen molar-refractivity contribution in [3.63, 3.8) is 0 Å². The van der Waals surface area contributed by atoms with E-state index < -0.39 is 0 Å². The molecule has 0 aromatic rings. The lowest BCUT2D eigenvalue weighted by molar-refractivity contribution is 0.0280. The average Bonchev–Trinajstić information content (AvgIpc) is 2.79. The first kappa shape index (κ1) is 13.9. The number of nitrogens with two attached hydrogens (primary N) is 1. The number of nitrogens with one attached hydrogen (secondary N) is 1. The third-order valence-corrected chi connectivity index (χ3v) is 3.14. The molecule has 0 spiro atoms. The van der Waals surface area contributed by atoms with Gasteiger partial charge in [0, 0.05) is 25.7 Å². The lowest BCUT2D eigenvalue weighted by atomic mass is 10.3. The highest BCUT2D eigenvalue weighted by Crippen LogP contribution is 2.11. The zero-order valence-corrected chi connectivity index (χ0v) is 10.7. The van der Waals surface area contributed by atoms with Crippen molar-refractivity contribution in [2.24, 2.45) is 5.73 Å².